The number of allylic oxidation sites excluding steroid dienone is 10. The Labute approximate surface area is 108 Å². The van der Waals surface area contributed by atoms with Gasteiger partial charge in [-0.3, -0.25) is 9.59 Å². The lowest BCUT2D eigenvalue weighted by Gasteiger charge is -2.01. The summed E-state index contributed by atoms with van der Waals surface area (Å²) < 4.78 is 0. The first-order valence-corrected chi connectivity index (χ1v) is 5.28. The summed E-state index contributed by atoms with van der Waals surface area (Å²) >= 11 is 0. The van der Waals surface area contributed by atoms with Gasteiger partial charge in [0.05, 0.1) is 0 Å². The smallest absolute Gasteiger partial charge is 0.233 e. The van der Waals surface area contributed by atoms with E-state index in [0.29, 0.717) is 0 Å². The molecule has 2 nitrogen and oxygen atoms in total. The second-order valence-electron chi connectivity index (χ2n) is 3.17. The van der Waals surface area contributed by atoms with E-state index in [9.17, 15) is 9.59 Å². The molecule has 92 valence electrons. The molecule has 0 bridgehead atoms. The fourth-order valence-electron chi connectivity index (χ4n) is 1.13. The van der Waals surface area contributed by atoms with E-state index >= 15 is 0 Å². The summed E-state index contributed by atoms with van der Waals surface area (Å²) in [5, 5.41) is 0. The topological polar surface area (TPSA) is 34.1 Å². The van der Waals surface area contributed by atoms with Crippen molar-refractivity contribution in [1.29, 1.82) is 0 Å². The van der Waals surface area contributed by atoms with Crippen molar-refractivity contribution < 1.29 is 9.59 Å². The van der Waals surface area contributed by atoms with Crippen LogP contribution in [0.2, 0.25) is 0 Å². The molecule has 0 saturated carbocycles. The van der Waals surface area contributed by atoms with Gasteiger partial charge in [0.1, 0.15) is 0 Å². The van der Waals surface area contributed by atoms with Gasteiger partial charge in [0.2, 0.25) is 11.6 Å². The number of hydrogen-bond acceptors (Lipinski definition) is 2. The lowest BCUT2D eigenvalue weighted by atomic mass is 10.0. The maximum Gasteiger partial charge on any atom is 0.233 e. The summed E-state index contributed by atoms with van der Waals surface area (Å²) in [6, 6.07) is 0. The van der Waals surface area contributed by atoms with Crippen LogP contribution >= 0.6 is 0 Å². The third-order valence-electron chi connectivity index (χ3n) is 1.96. The number of ketones is 2. The van der Waals surface area contributed by atoms with Crippen LogP contribution in [-0.4, -0.2) is 11.6 Å². The first kappa shape index (κ1) is 15.5. The minimum Gasteiger partial charge on any atom is -0.285 e. The van der Waals surface area contributed by atoms with E-state index in [1.54, 1.807) is 6.08 Å². The minimum absolute atomic E-state index is 0.206. The third kappa shape index (κ3) is 4.58. The molecule has 0 atom stereocenters. The van der Waals surface area contributed by atoms with Crippen molar-refractivity contribution in [2.24, 2.45) is 0 Å². The van der Waals surface area contributed by atoms with Crippen LogP contribution in [0, 0.1) is 0 Å². The van der Waals surface area contributed by atoms with Gasteiger partial charge in [-0.15, -0.1) is 0 Å². The number of rotatable bonds is 8. The molecule has 0 amide bonds. The Morgan fingerprint density at radius 3 is 1.67 bits per heavy atom. The van der Waals surface area contributed by atoms with Crippen LogP contribution in [0.25, 0.3) is 0 Å². The molecule has 0 spiro atoms. The zero-order valence-electron chi connectivity index (χ0n) is 10.3. The van der Waals surface area contributed by atoms with Crippen molar-refractivity contribution in [2.75, 3.05) is 0 Å². The van der Waals surface area contributed by atoms with Crippen LogP contribution in [0.3, 0.4) is 0 Å². The molecular weight excluding hydrogens is 224 g/mol. The fraction of sp³-hybridized carbons (Fsp3) is 0. The molecule has 0 aromatic rings. The Kier molecular flexibility index (Phi) is 7.46. The molecule has 0 saturated heterocycles. The molecule has 0 aliphatic carbocycles. The van der Waals surface area contributed by atoms with Gasteiger partial charge in [-0.25, -0.2) is 0 Å². The Hall–Kier alpha value is -2.48. The van der Waals surface area contributed by atoms with E-state index < -0.39 is 11.6 Å². The van der Waals surface area contributed by atoms with Crippen molar-refractivity contribution in [3.8, 4) is 0 Å². The summed E-state index contributed by atoms with van der Waals surface area (Å²) in [6.45, 7) is 14.0. The largest absolute Gasteiger partial charge is 0.285 e. The first-order valence-electron chi connectivity index (χ1n) is 5.28. The molecule has 0 rings (SSSR count). The summed E-state index contributed by atoms with van der Waals surface area (Å²) in [7, 11) is 0. The SMILES string of the molecule is C=C/C=C\C(=C/C=C)C(=O)C(=O)/C(C=C)=C/C=C. The van der Waals surface area contributed by atoms with E-state index in [1.165, 1.54) is 42.5 Å². The predicted octanol–water partition coefficient (Wildman–Crippen LogP) is 3.28. The van der Waals surface area contributed by atoms with Crippen LogP contribution in [-0.2, 0) is 9.59 Å². The van der Waals surface area contributed by atoms with Gasteiger partial charge < -0.3 is 0 Å². The highest BCUT2D eigenvalue weighted by Gasteiger charge is 2.18. The van der Waals surface area contributed by atoms with Gasteiger partial charge in [0.15, 0.2) is 0 Å². The highest BCUT2D eigenvalue weighted by molar-refractivity contribution is 6.50. The van der Waals surface area contributed by atoms with Crippen molar-refractivity contribution >= 4 is 11.6 Å². The Bertz CT molecular complexity index is 471. The average molecular weight is 240 g/mol. The van der Waals surface area contributed by atoms with Gasteiger partial charge >= 0.3 is 0 Å². The van der Waals surface area contributed by atoms with E-state index in [0.717, 1.165) is 0 Å². The zero-order valence-corrected chi connectivity index (χ0v) is 10.3. The van der Waals surface area contributed by atoms with Gasteiger partial charge in [0.25, 0.3) is 0 Å². The van der Waals surface area contributed by atoms with E-state index in [-0.39, 0.29) is 11.1 Å². The number of Topliss-reactive ketones (excluding diaryl/α,β-unsaturated/α-hetero) is 2. The summed E-state index contributed by atoms with van der Waals surface area (Å²) in [5.74, 6) is -1.26. The summed E-state index contributed by atoms with van der Waals surface area (Å²) in [6.07, 6.45) is 11.7. The number of carbonyl (C=O) groups excluding carboxylic acids is 2. The first-order chi connectivity index (χ1) is 8.62. The van der Waals surface area contributed by atoms with Crippen LogP contribution in [0.4, 0.5) is 0 Å². The maximum absolute atomic E-state index is 11.9. The second kappa shape index (κ2) is 8.65. The molecule has 0 fully saturated rings. The molecular formula is C16H16O2. The van der Waals surface area contributed by atoms with Crippen molar-refractivity contribution in [3.63, 3.8) is 0 Å². The third-order valence-corrected chi connectivity index (χ3v) is 1.96. The molecule has 0 aromatic carbocycles. The van der Waals surface area contributed by atoms with Crippen LogP contribution in [0.15, 0.2) is 86.1 Å². The Balaban J connectivity index is 5.34. The summed E-state index contributed by atoms with van der Waals surface area (Å²) in [4.78, 5) is 23.8. The molecule has 0 aliphatic rings. The molecule has 0 heterocycles. The van der Waals surface area contributed by atoms with E-state index in [4.69, 9.17) is 0 Å². The van der Waals surface area contributed by atoms with Gasteiger partial charge in [-0.1, -0.05) is 74.9 Å². The van der Waals surface area contributed by atoms with Gasteiger partial charge in [-0.2, -0.15) is 0 Å². The highest BCUT2D eigenvalue weighted by atomic mass is 16.2. The van der Waals surface area contributed by atoms with Gasteiger partial charge in [0, 0.05) is 11.1 Å². The Morgan fingerprint density at radius 1 is 0.722 bits per heavy atom. The standard InChI is InChI=1S/C16H16O2/c1-5-9-12-14(11-7-3)16(18)15(17)13(8-4)10-6-2/h5-12H,1-4H2/b12-9-,13-10+,14-11+. The summed E-state index contributed by atoms with van der Waals surface area (Å²) in [5.41, 5.74) is 0.448. The van der Waals surface area contributed by atoms with Crippen molar-refractivity contribution in [3.05, 3.63) is 86.1 Å². The number of hydrogen-bond donors (Lipinski definition) is 0. The Morgan fingerprint density at radius 2 is 1.22 bits per heavy atom. The predicted molar refractivity (Wildman–Crippen MR) is 76.1 cm³/mol. The lowest BCUT2D eigenvalue weighted by Crippen LogP contribution is -2.16. The van der Waals surface area contributed by atoms with E-state index in [2.05, 4.69) is 26.3 Å². The maximum atomic E-state index is 11.9. The molecule has 0 aliphatic heterocycles. The quantitative estimate of drug-likeness (QED) is 0.370. The minimum atomic E-state index is -0.633. The van der Waals surface area contributed by atoms with Gasteiger partial charge in [-0.05, 0) is 0 Å². The van der Waals surface area contributed by atoms with Crippen molar-refractivity contribution in [2.45, 2.75) is 0 Å². The van der Waals surface area contributed by atoms with Crippen LogP contribution in [0.1, 0.15) is 0 Å². The monoisotopic (exact) mass is 240 g/mol. The van der Waals surface area contributed by atoms with Crippen LogP contribution in [0.5, 0.6) is 0 Å². The molecule has 2 heteroatoms. The molecule has 0 unspecified atom stereocenters. The van der Waals surface area contributed by atoms with E-state index in [1.807, 2.05) is 0 Å². The zero-order chi connectivity index (χ0) is 14.0. The fourth-order valence-corrected chi connectivity index (χ4v) is 1.13. The average Bonchev–Trinajstić information content (AvgIpc) is 2.39. The second-order valence-corrected chi connectivity index (χ2v) is 3.17. The molecule has 0 N–H and O–H groups in total. The van der Waals surface area contributed by atoms with Crippen LogP contribution < -0.4 is 0 Å². The molecule has 18 heavy (non-hydrogen) atoms. The highest BCUT2D eigenvalue weighted by Crippen LogP contribution is 2.07. The number of carbonyl (C=O) groups is 2. The van der Waals surface area contributed by atoms with Crippen molar-refractivity contribution in [1.82, 2.24) is 0 Å². The molecule has 0 aromatic heterocycles. The normalized spacial score (nSPS) is 12.0. The lowest BCUT2D eigenvalue weighted by molar-refractivity contribution is -0.131. The molecule has 0 radical (unpaired) electrons.